The van der Waals surface area contributed by atoms with Gasteiger partial charge < -0.3 is 5.73 Å². The van der Waals surface area contributed by atoms with Crippen molar-refractivity contribution in [2.45, 2.75) is 6.54 Å². The highest BCUT2D eigenvalue weighted by Gasteiger charge is 2.05. The number of nitrogens with two attached hydrogens (primary N) is 1. The number of hydrogen-bond donors (Lipinski definition) is 1. The molecule has 2 aromatic heterocycles. The Hall–Kier alpha value is -2.27. The predicted octanol–water partition coefficient (Wildman–Crippen LogP) is 1.27. The molecule has 0 fully saturated rings. The highest BCUT2D eigenvalue weighted by Crippen LogP contribution is 2.19. The van der Waals surface area contributed by atoms with Gasteiger partial charge in [0.2, 0.25) is 0 Å². The van der Waals surface area contributed by atoms with E-state index >= 15 is 0 Å². The molecule has 17 heavy (non-hydrogen) atoms. The smallest absolute Gasteiger partial charge is 0.156 e. The van der Waals surface area contributed by atoms with E-state index in [9.17, 15) is 0 Å². The molecule has 0 aliphatic heterocycles. The van der Waals surface area contributed by atoms with Crippen molar-refractivity contribution in [3.63, 3.8) is 0 Å². The molecule has 0 atom stereocenters. The van der Waals surface area contributed by atoms with Crippen molar-refractivity contribution in [3.05, 3.63) is 48.5 Å². The normalized spacial score (nSPS) is 10.9. The van der Waals surface area contributed by atoms with Crippen LogP contribution in [0.2, 0.25) is 0 Å². The van der Waals surface area contributed by atoms with E-state index in [1.165, 1.54) is 6.33 Å². The van der Waals surface area contributed by atoms with Gasteiger partial charge in [-0.3, -0.25) is 0 Å². The van der Waals surface area contributed by atoms with Crippen LogP contribution >= 0.6 is 0 Å². The molecular formula is C12H11N5. The molecule has 0 aliphatic carbocycles. The molecule has 1 aromatic carbocycles. The molecule has 0 radical (unpaired) electrons. The summed E-state index contributed by atoms with van der Waals surface area (Å²) in [6.45, 7) is 0.477. The molecule has 5 heteroatoms. The zero-order valence-electron chi connectivity index (χ0n) is 9.11. The summed E-state index contributed by atoms with van der Waals surface area (Å²) in [6, 6.07) is 9.88. The fourth-order valence-corrected chi connectivity index (χ4v) is 1.84. The van der Waals surface area contributed by atoms with Gasteiger partial charge >= 0.3 is 0 Å². The van der Waals surface area contributed by atoms with E-state index in [1.54, 1.807) is 11.0 Å². The van der Waals surface area contributed by atoms with Crippen LogP contribution in [0.3, 0.4) is 0 Å². The summed E-state index contributed by atoms with van der Waals surface area (Å²) in [6.07, 6.45) is 3.11. The van der Waals surface area contributed by atoms with Gasteiger partial charge in [-0.1, -0.05) is 18.2 Å². The van der Waals surface area contributed by atoms with Gasteiger partial charge in [-0.05, 0) is 17.7 Å². The van der Waals surface area contributed by atoms with Crippen molar-refractivity contribution >= 4 is 10.9 Å². The van der Waals surface area contributed by atoms with Crippen molar-refractivity contribution in [2.75, 3.05) is 0 Å². The first-order valence-corrected chi connectivity index (χ1v) is 5.32. The Kier molecular flexibility index (Phi) is 2.31. The molecule has 3 rings (SSSR count). The van der Waals surface area contributed by atoms with Crippen LogP contribution in [0, 0.1) is 0 Å². The van der Waals surface area contributed by atoms with Crippen LogP contribution in [0.15, 0.2) is 43.0 Å². The molecule has 0 saturated heterocycles. The highest BCUT2D eigenvalue weighted by atomic mass is 15.3. The number of benzene rings is 1. The van der Waals surface area contributed by atoms with Gasteiger partial charge in [-0.2, -0.15) is 5.10 Å². The van der Waals surface area contributed by atoms with E-state index in [0.29, 0.717) is 6.54 Å². The molecular weight excluding hydrogens is 214 g/mol. The van der Waals surface area contributed by atoms with E-state index < -0.39 is 0 Å². The fourth-order valence-electron chi connectivity index (χ4n) is 1.84. The molecule has 0 saturated carbocycles. The molecule has 0 unspecified atom stereocenters. The Morgan fingerprint density at radius 1 is 1.24 bits per heavy atom. The first-order valence-electron chi connectivity index (χ1n) is 5.32. The SMILES string of the molecule is NCc1cc(-n2cncn2)nc2ccccc12. The third-order valence-electron chi connectivity index (χ3n) is 2.66. The summed E-state index contributed by atoms with van der Waals surface area (Å²) in [4.78, 5) is 8.45. The van der Waals surface area contributed by atoms with E-state index in [4.69, 9.17) is 5.73 Å². The van der Waals surface area contributed by atoms with Gasteiger partial charge in [-0.25, -0.2) is 14.6 Å². The van der Waals surface area contributed by atoms with Crippen molar-refractivity contribution in [2.24, 2.45) is 5.73 Å². The maximum Gasteiger partial charge on any atom is 0.156 e. The summed E-state index contributed by atoms with van der Waals surface area (Å²) in [7, 11) is 0. The minimum Gasteiger partial charge on any atom is -0.326 e. The number of hydrogen-bond acceptors (Lipinski definition) is 4. The first kappa shape index (κ1) is 9.92. The lowest BCUT2D eigenvalue weighted by Crippen LogP contribution is -2.03. The monoisotopic (exact) mass is 225 g/mol. The molecule has 3 aromatic rings. The Bertz CT molecular complexity index is 645. The lowest BCUT2D eigenvalue weighted by Gasteiger charge is -2.07. The molecule has 0 bridgehead atoms. The number of nitrogens with zero attached hydrogens (tertiary/aromatic N) is 4. The minimum atomic E-state index is 0.477. The molecule has 2 heterocycles. The third-order valence-corrected chi connectivity index (χ3v) is 2.66. The van der Waals surface area contributed by atoms with Crippen molar-refractivity contribution in [3.8, 4) is 5.82 Å². The number of rotatable bonds is 2. The van der Waals surface area contributed by atoms with Gasteiger partial charge in [0.25, 0.3) is 0 Å². The maximum atomic E-state index is 5.77. The average molecular weight is 225 g/mol. The Labute approximate surface area is 97.9 Å². The highest BCUT2D eigenvalue weighted by molar-refractivity contribution is 5.83. The van der Waals surface area contributed by atoms with Gasteiger partial charge in [-0.15, -0.1) is 0 Å². The standard InChI is InChI=1S/C12H11N5/c13-6-9-5-12(17-8-14-7-15-17)16-11-4-2-1-3-10(9)11/h1-5,7-8H,6,13H2. The molecule has 0 spiro atoms. The summed E-state index contributed by atoms with van der Waals surface area (Å²) in [5.41, 5.74) is 7.74. The van der Waals surface area contributed by atoms with Gasteiger partial charge in [0.1, 0.15) is 12.7 Å². The van der Waals surface area contributed by atoms with Crippen LogP contribution in [0.5, 0.6) is 0 Å². The maximum absolute atomic E-state index is 5.77. The number of aromatic nitrogens is 4. The molecule has 5 nitrogen and oxygen atoms in total. The zero-order valence-corrected chi connectivity index (χ0v) is 9.11. The molecule has 0 aliphatic rings. The van der Waals surface area contributed by atoms with Crippen LogP contribution in [0.1, 0.15) is 5.56 Å². The minimum absolute atomic E-state index is 0.477. The third kappa shape index (κ3) is 1.66. The Morgan fingerprint density at radius 2 is 2.12 bits per heavy atom. The van der Waals surface area contributed by atoms with Crippen molar-refractivity contribution < 1.29 is 0 Å². The predicted molar refractivity (Wildman–Crippen MR) is 64.6 cm³/mol. The van der Waals surface area contributed by atoms with E-state index in [2.05, 4.69) is 15.1 Å². The number of pyridine rings is 1. The second-order valence-electron chi connectivity index (χ2n) is 3.70. The Balaban J connectivity index is 2.28. The van der Waals surface area contributed by atoms with Crippen LogP contribution in [0.4, 0.5) is 0 Å². The van der Waals surface area contributed by atoms with Crippen LogP contribution in [-0.2, 0) is 6.54 Å². The summed E-state index contributed by atoms with van der Waals surface area (Å²) in [5, 5.41) is 5.15. The average Bonchev–Trinajstić information content (AvgIpc) is 2.91. The lowest BCUT2D eigenvalue weighted by atomic mass is 10.1. The molecule has 0 amide bonds. The largest absolute Gasteiger partial charge is 0.326 e. The van der Waals surface area contributed by atoms with Crippen LogP contribution in [0.25, 0.3) is 16.7 Å². The Morgan fingerprint density at radius 3 is 2.88 bits per heavy atom. The second kappa shape index (κ2) is 3.95. The quantitative estimate of drug-likeness (QED) is 0.713. The van der Waals surface area contributed by atoms with E-state index in [-0.39, 0.29) is 0 Å². The van der Waals surface area contributed by atoms with Gasteiger partial charge in [0.15, 0.2) is 5.82 Å². The lowest BCUT2D eigenvalue weighted by molar-refractivity contribution is 0.847. The van der Waals surface area contributed by atoms with Crippen LogP contribution < -0.4 is 5.73 Å². The topological polar surface area (TPSA) is 69.6 Å². The summed E-state index contributed by atoms with van der Waals surface area (Å²) < 4.78 is 1.63. The van der Waals surface area contributed by atoms with Gasteiger partial charge in [0, 0.05) is 11.9 Å². The fraction of sp³-hybridized carbons (Fsp3) is 0.0833. The molecule has 84 valence electrons. The van der Waals surface area contributed by atoms with Crippen LogP contribution in [-0.4, -0.2) is 19.7 Å². The van der Waals surface area contributed by atoms with Gasteiger partial charge in [0.05, 0.1) is 5.52 Å². The molecule has 2 N–H and O–H groups in total. The first-order chi connectivity index (χ1) is 8.38. The summed E-state index contributed by atoms with van der Waals surface area (Å²) >= 11 is 0. The van der Waals surface area contributed by atoms with E-state index in [0.717, 1.165) is 22.3 Å². The van der Waals surface area contributed by atoms with Crippen molar-refractivity contribution in [1.29, 1.82) is 0 Å². The van der Waals surface area contributed by atoms with E-state index in [1.807, 2.05) is 30.3 Å². The number of para-hydroxylation sites is 1. The second-order valence-corrected chi connectivity index (χ2v) is 3.70. The van der Waals surface area contributed by atoms with Crippen molar-refractivity contribution in [1.82, 2.24) is 19.7 Å². The summed E-state index contributed by atoms with van der Waals surface area (Å²) in [5.74, 6) is 0.738. The zero-order chi connectivity index (χ0) is 11.7. The number of fused-ring (bicyclic) bond motifs is 1.